The Kier molecular flexibility index (Phi) is 5.46. The number of hydrogen-bond acceptors (Lipinski definition) is 3. The zero-order valence-corrected chi connectivity index (χ0v) is 6.68. The maximum Gasteiger partial charge on any atom is 0.102 e. The molecule has 0 aromatic carbocycles. The van der Waals surface area contributed by atoms with Crippen LogP contribution in [0.2, 0.25) is 0 Å². The van der Waals surface area contributed by atoms with E-state index >= 15 is 0 Å². The van der Waals surface area contributed by atoms with Gasteiger partial charge in [0.05, 0.1) is 6.07 Å². The molecule has 0 spiro atoms. The van der Waals surface area contributed by atoms with E-state index in [2.05, 4.69) is 6.07 Å². The molecule has 1 nitrogen and oxygen atoms in total. The van der Waals surface area contributed by atoms with E-state index in [-0.39, 0.29) is 5.25 Å². The lowest BCUT2D eigenvalue weighted by Crippen LogP contribution is -1.91. The Hall–Kier alpha value is 0.190. The molecule has 0 saturated carbocycles. The third-order valence-corrected chi connectivity index (χ3v) is 2.86. The number of nitriles is 1. The molecule has 0 aliphatic rings. The van der Waals surface area contributed by atoms with Crippen LogP contribution in [0, 0.1) is 11.3 Å². The zero-order valence-electron chi connectivity index (χ0n) is 5.05. The van der Waals surface area contributed by atoms with Crippen molar-refractivity contribution >= 4 is 21.6 Å². The summed E-state index contributed by atoms with van der Waals surface area (Å²) in [6.07, 6.45) is 2.94. The minimum absolute atomic E-state index is 0.185. The summed E-state index contributed by atoms with van der Waals surface area (Å²) in [4.78, 5) is 0. The molecule has 0 fully saturated rings. The molecule has 3 heteroatoms. The minimum Gasteiger partial charge on any atom is -0.197 e. The van der Waals surface area contributed by atoms with E-state index in [4.69, 9.17) is 5.26 Å². The third kappa shape index (κ3) is 3.23. The Balaban J connectivity index is 3.26. The average Bonchev–Trinajstić information content (AvgIpc) is 1.83. The molecule has 46 valence electrons. The zero-order chi connectivity index (χ0) is 6.41. The van der Waals surface area contributed by atoms with Crippen molar-refractivity contribution in [3.8, 4) is 6.07 Å². The molecule has 0 radical (unpaired) electrons. The summed E-state index contributed by atoms with van der Waals surface area (Å²) in [5.41, 5.74) is 0. The van der Waals surface area contributed by atoms with Gasteiger partial charge >= 0.3 is 0 Å². The summed E-state index contributed by atoms with van der Waals surface area (Å²) in [6, 6.07) is 2.19. The van der Waals surface area contributed by atoms with Crippen LogP contribution in [-0.4, -0.2) is 11.5 Å². The Morgan fingerprint density at radius 2 is 2.38 bits per heavy atom. The van der Waals surface area contributed by atoms with Crippen LogP contribution in [-0.2, 0) is 0 Å². The molecule has 0 unspecified atom stereocenters. The lowest BCUT2D eigenvalue weighted by molar-refractivity contribution is 0.992. The first-order valence-electron chi connectivity index (χ1n) is 2.44. The van der Waals surface area contributed by atoms with Crippen molar-refractivity contribution < 1.29 is 0 Å². The second-order valence-corrected chi connectivity index (χ2v) is 3.96. The summed E-state index contributed by atoms with van der Waals surface area (Å²) in [7, 11) is 3.28. The van der Waals surface area contributed by atoms with Crippen molar-refractivity contribution in [2.45, 2.75) is 18.6 Å². The van der Waals surface area contributed by atoms with Gasteiger partial charge in [-0.2, -0.15) is 5.26 Å². The summed E-state index contributed by atoms with van der Waals surface area (Å²) in [6.45, 7) is 2.02. The van der Waals surface area contributed by atoms with Crippen LogP contribution in [0.15, 0.2) is 0 Å². The minimum atomic E-state index is 0.185. The largest absolute Gasteiger partial charge is 0.197 e. The average molecular weight is 147 g/mol. The third-order valence-electron chi connectivity index (χ3n) is 0.727. The molecule has 0 aromatic rings. The summed E-state index contributed by atoms with van der Waals surface area (Å²) < 4.78 is 0. The quantitative estimate of drug-likeness (QED) is 0.572. The smallest absolute Gasteiger partial charge is 0.102 e. The summed E-state index contributed by atoms with van der Waals surface area (Å²) >= 11 is 0. The van der Waals surface area contributed by atoms with Gasteiger partial charge in [-0.3, -0.25) is 0 Å². The van der Waals surface area contributed by atoms with Crippen molar-refractivity contribution in [2.75, 3.05) is 6.26 Å². The van der Waals surface area contributed by atoms with Crippen molar-refractivity contribution in [1.29, 1.82) is 5.26 Å². The highest BCUT2D eigenvalue weighted by Crippen LogP contribution is 2.24. The molecule has 0 N–H and O–H groups in total. The van der Waals surface area contributed by atoms with Crippen molar-refractivity contribution in [1.82, 2.24) is 0 Å². The van der Waals surface area contributed by atoms with Gasteiger partial charge in [-0.25, -0.2) is 0 Å². The van der Waals surface area contributed by atoms with E-state index in [9.17, 15) is 0 Å². The first-order chi connectivity index (χ1) is 3.85. The SMILES string of the molecule is CC[C@H](C#N)SSC. The topological polar surface area (TPSA) is 23.8 Å². The molecule has 0 amide bonds. The normalized spacial score (nSPS) is 12.6. The predicted molar refractivity (Wildman–Crippen MR) is 40.8 cm³/mol. The maximum absolute atomic E-state index is 8.37. The van der Waals surface area contributed by atoms with E-state index in [0.717, 1.165) is 6.42 Å². The van der Waals surface area contributed by atoms with Crippen LogP contribution in [0.5, 0.6) is 0 Å². The molecular formula is C5H9NS2. The molecule has 0 bridgehead atoms. The Morgan fingerprint density at radius 3 is 2.50 bits per heavy atom. The van der Waals surface area contributed by atoms with Gasteiger partial charge < -0.3 is 0 Å². The van der Waals surface area contributed by atoms with Crippen LogP contribution in [0.4, 0.5) is 0 Å². The highest BCUT2D eigenvalue weighted by Gasteiger charge is 2.00. The molecular weight excluding hydrogens is 138 g/mol. The molecule has 8 heavy (non-hydrogen) atoms. The number of hydrogen-bond donors (Lipinski definition) is 0. The molecule has 0 aliphatic heterocycles. The van der Waals surface area contributed by atoms with Gasteiger partial charge in [-0.1, -0.05) is 28.5 Å². The monoisotopic (exact) mass is 147 g/mol. The molecule has 0 rings (SSSR count). The molecule has 0 saturated heterocycles. The number of nitrogens with zero attached hydrogens (tertiary/aromatic N) is 1. The lowest BCUT2D eigenvalue weighted by atomic mass is 10.4. The number of rotatable bonds is 3. The first-order valence-corrected chi connectivity index (χ1v) is 5.06. The van der Waals surface area contributed by atoms with Crippen molar-refractivity contribution in [3.05, 3.63) is 0 Å². The molecule has 0 aromatic heterocycles. The standard InChI is InChI=1S/C5H9NS2/c1-3-5(4-6)8-7-2/h5H,3H2,1-2H3/t5-/m1/s1. The molecule has 0 aliphatic carbocycles. The van der Waals surface area contributed by atoms with Crippen LogP contribution < -0.4 is 0 Å². The fourth-order valence-corrected chi connectivity index (χ4v) is 1.94. The Labute approximate surface area is 58.2 Å². The van der Waals surface area contributed by atoms with Gasteiger partial charge in [-0.05, 0) is 12.7 Å². The van der Waals surface area contributed by atoms with Crippen LogP contribution in [0.3, 0.4) is 0 Å². The van der Waals surface area contributed by atoms with Gasteiger partial charge in [0.2, 0.25) is 0 Å². The van der Waals surface area contributed by atoms with Crippen molar-refractivity contribution in [2.24, 2.45) is 0 Å². The first kappa shape index (κ1) is 8.19. The van der Waals surface area contributed by atoms with Gasteiger partial charge in [0.15, 0.2) is 0 Å². The van der Waals surface area contributed by atoms with Crippen LogP contribution in [0.25, 0.3) is 0 Å². The van der Waals surface area contributed by atoms with E-state index in [0.29, 0.717) is 0 Å². The summed E-state index contributed by atoms with van der Waals surface area (Å²) in [5.74, 6) is 0. The fourth-order valence-electron chi connectivity index (χ4n) is 0.297. The second-order valence-electron chi connectivity index (χ2n) is 1.29. The Bertz CT molecular complexity index is 86.9. The predicted octanol–water partition coefficient (Wildman–Crippen LogP) is 2.30. The highest BCUT2D eigenvalue weighted by atomic mass is 33.1. The van der Waals surface area contributed by atoms with Gasteiger partial charge in [0.1, 0.15) is 5.25 Å². The highest BCUT2D eigenvalue weighted by molar-refractivity contribution is 8.76. The summed E-state index contributed by atoms with van der Waals surface area (Å²) in [5, 5.41) is 8.56. The molecule has 1 atom stereocenters. The maximum atomic E-state index is 8.37. The second kappa shape index (κ2) is 5.33. The Morgan fingerprint density at radius 1 is 1.75 bits per heavy atom. The van der Waals surface area contributed by atoms with E-state index in [1.165, 1.54) is 0 Å². The van der Waals surface area contributed by atoms with Crippen LogP contribution in [0.1, 0.15) is 13.3 Å². The van der Waals surface area contributed by atoms with Gasteiger partial charge in [0, 0.05) is 0 Å². The van der Waals surface area contributed by atoms with Gasteiger partial charge in [-0.15, -0.1) is 0 Å². The molecule has 0 heterocycles. The van der Waals surface area contributed by atoms with Crippen LogP contribution >= 0.6 is 21.6 Å². The fraction of sp³-hybridized carbons (Fsp3) is 0.800. The van der Waals surface area contributed by atoms with Crippen molar-refractivity contribution in [3.63, 3.8) is 0 Å². The lowest BCUT2D eigenvalue weighted by Gasteiger charge is -1.98. The van der Waals surface area contributed by atoms with E-state index in [1.54, 1.807) is 21.6 Å². The van der Waals surface area contributed by atoms with E-state index < -0.39 is 0 Å². The van der Waals surface area contributed by atoms with E-state index in [1.807, 2.05) is 13.2 Å². The van der Waals surface area contributed by atoms with Gasteiger partial charge in [0.25, 0.3) is 0 Å².